The van der Waals surface area contributed by atoms with Crippen LogP contribution in [-0.2, 0) is 0 Å². The number of carboxylic acids is 1. The third-order valence-corrected chi connectivity index (χ3v) is 3.40. The van der Waals surface area contributed by atoms with Gasteiger partial charge >= 0.3 is 18.3 Å². The first-order chi connectivity index (χ1) is 11.2. The molecule has 24 heavy (non-hydrogen) atoms. The first kappa shape index (κ1) is 17.8. The molecule has 2 N–H and O–H groups in total. The molecule has 2 rings (SSSR count). The Kier molecular flexibility index (Phi) is 5.13. The number of halogens is 4. The van der Waals surface area contributed by atoms with Gasteiger partial charge in [-0.1, -0.05) is 34.1 Å². The smallest absolute Gasteiger partial charge is 0.478 e. The van der Waals surface area contributed by atoms with Crippen molar-refractivity contribution < 1.29 is 27.9 Å². The maximum absolute atomic E-state index is 13.4. The van der Waals surface area contributed by atoms with E-state index in [9.17, 15) is 22.8 Å². The summed E-state index contributed by atoms with van der Waals surface area (Å²) in [6.45, 7) is 0. The van der Waals surface area contributed by atoms with E-state index in [1.54, 1.807) is 6.07 Å². The number of alkyl halides is 3. The number of hydrogen-bond donors (Lipinski definition) is 2. The molecule has 0 aliphatic heterocycles. The van der Waals surface area contributed by atoms with Crippen molar-refractivity contribution in [3.05, 3.63) is 58.6 Å². The van der Waals surface area contributed by atoms with Crippen molar-refractivity contribution in [2.45, 2.75) is 6.30 Å². The van der Waals surface area contributed by atoms with E-state index in [1.807, 2.05) is 0 Å². The van der Waals surface area contributed by atoms with Crippen LogP contribution in [-0.4, -0.2) is 23.4 Å². The Hall–Kier alpha value is -2.55. The molecule has 126 valence electrons. The molecule has 5 nitrogen and oxygen atoms in total. The topological polar surface area (TPSA) is 69.6 Å². The molecule has 0 radical (unpaired) electrons. The molecule has 0 aliphatic rings. The van der Waals surface area contributed by atoms with Crippen molar-refractivity contribution in [3.8, 4) is 0 Å². The number of amides is 2. The van der Waals surface area contributed by atoms with Crippen molar-refractivity contribution >= 4 is 39.3 Å². The lowest BCUT2D eigenvalue weighted by atomic mass is 10.1. The average Bonchev–Trinajstić information content (AvgIpc) is 2.48. The van der Waals surface area contributed by atoms with Crippen LogP contribution >= 0.6 is 15.9 Å². The Bertz CT molecular complexity index is 766. The molecule has 0 saturated heterocycles. The minimum Gasteiger partial charge on any atom is -0.478 e. The van der Waals surface area contributed by atoms with Crippen molar-refractivity contribution in [3.63, 3.8) is 0 Å². The lowest BCUT2D eigenvalue weighted by Crippen LogP contribution is -2.46. The maximum atomic E-state index is 13.4. The number of nitrogens with zero attached hydrogens (tertiary/aromatic N) is 1. The lowest BCUT2D eigenvalue weighted by molar-refractivity contribution is -0.120. The zero-order chi connectivity index (χ0) is 17.9. The van der Waals surface area contributed by atoms with E-state index in [2.05, 4.69) is 21.2 Å². The van der Waals surface area contributed by atoms with E-state index in [1.165, 1.54) is 30.3 Å². The van der Waals surface area contributed by atoms with Crippen LogP contribution in [0.5, 0.6) is 0 Å². The fraction of sp³-hybridized carbons (Fsp3) is 0.0667. The fourth-order valence-electron chi connectivity index (χ4n) is 1.94. The molecular formula is C15H10BrF3N2O3. The SMILES string of the molecule is O=C(O)c1cc(Br)ccc1N(C(=O)Nc1ccccc1)C(F)(F)F. The number of carboxylic acid groups (broad SMARTS) is 1. The van der Waals surface area contributed by atoms with E-state index in [-0.39, 0.29) is 10.2 Å². The number of rotatable bonds is 3. The summed E-state index contributed by atoms with van der Waals surface area (Å²) in [7, 11) is 0. The quantitative estimate of drug-likeness (QED) is 0.730. The van der Waals surface area contributed by atoms with Crippen molar-refractivity contribution in [2.75, 3.05) is 10.2 Å². The number of aromatic carboxylic acids is 1. The molecule has 9 heteroatoms. The standard InChI is InChI=1S/C15H10BrF3N2O3/c16-9-6-7-12(11(8-9)13(22)23)21(15(17,18)19)14(24)20-10-4-2-1-3-5-10/h1-8H,(H,20,24)(H,22,23). The zero-order valence-corrected chi connectivity index (χ0v) is 13.4. The first-order valence-electron chi connectivity index (χ1n) is 6.46. The molecule has 0 saturated carbocycles. The number of anilines is 2. The summed E-state index contributed by atoms with van der Waals surface area (Å²) < 4.78 is 40.4. The molecule has 2 aromatic carbocycles. The van der Waals surface area contributed by atoms with Crippen LogP contribution in [0, 0.1) is 0 Å². The summed E-state index contributed by atoms with van der Waals surface area (Å²) >= 11 is 2.99. The predicted octanol–water partition coefficient (Wildman–Crippen LogP) is 4.71. The number of para-hydroxylation sites is 1. The van der Waals surface area contributed by atoms with Crippen molar-refractivity contribution in [1.82, 2.24) is 0 Å². The van der Waals surface area contributed by atoms with Gasteiger partial charge in [0.15, 0.2) is 0 Å². The second-order valence-corrected chi connectivity index (χ2v) is 5.48. The van der Waals surface area contributed by atoms with E-state index in [0.29, 0.717) is 0 Å². The maximum Gasteiger partial charge on any atom is 0.493 e. The summed E-state index contributed by atoms with van der Waals surface area (Å²) in [5.41, 5.74) is -1.30. The van der Waals surface area contributed by atoms with Gasteiger partial charge in [-0.05, 0) is 30.3 Å². The highest BCUT2D eigenvalue weighted by atomic mass is 79.9. The van der Waals surface area contributed by atoms with E-state index in [0.717, 1.165) is 12.1 Å². The number of carbonyl (C=O) groups is 2. The molecule has 2 amide bonds. The van der Waals surface area contributed by atoms with Crippen LogP contribution in [0.4, 0.5) is 29.3 Å². The van der Waals surface area contributed by atoms with Crippen molar-refractivity contribution in [1.29, 1.82) is 0 Å². The van der Waals surface area contributed by atoms with Crippen LogP contribution in [0.3, 0.4) is 0 Å². The van der Waals surface area contributed by atoms with Gasteiger partial charge in [-0.15, -0.1) is 13.2 Å². The number of urea groups is 1. The second-order valence-electron chi connectivity index (χ2n) is 4.57. The van der Waals surface area contributed by atoms with Gasteiger partial charge in [0, 0.05) is 10.2 Å². The Balaban J connectivity index is 2.47. The Morgan fingerprint density at radius 1 is 1.08 bits per heavy atom. The number of hydrogen-bond acceptors (Lipinski definition) is 2. The van der Waals surface area contributed by atoms with Crippen LogP contribution < -0.4 is 10.2 Å². The van der Waals surface area contributed by atoms with Gasteiger partial charge < -0.3 is 10.4 Å². The normalized spacial score (nSPS) is 11.0. The van der Waals surface area contributed by atoms with E-state index >= 15 is 0 Å². The molecular weight excluding hydrogens is 393 g/mol. The van der Waals surface area contributed by atoms with Crippen LogP contribution in [0.25, 0.3) is 0 Å². The molecule has 0 heterocycles. The highest BCUT2D eigenvalue weighted by molar-refractivity contribution is 9.10. The molecule has 0 bridgehead atoms. The van der Waals surface area contributed by atoms with Gasteiger partial charge in [-0.2, -0.15) is 0 Å². The van der Waals surface area contributed by atoms with Gasteiger partial charge in [-0.25, -0.2) is 14.5 Å². The fourth-order valence-corrected chi connectivity index (χ4v) is 2.30. The van der Waals surface area contributed by atoms with Crippen molar-refractivity contribution in [2.24, 2.45) is 0 Å². The number of benzene rings is 2. The summed E-state index contributed by atoms with van der Waals surface area (Å²) in [6, 6.07) is 9.13. The summed E-state index contributed by atoms with van der Waals surface area (Å²) in [5.74, 6) is -1.59. The van der Waals surface area contributed by atoms with E-state index in [4.69, 9.17) is 5.11 Å². The molecule has 0 spiro atoms. The Labute approximate surface area is 142 Å². The largest absolute Gasteiger partial charge is 0.493 e. The minimum atomic E-state index is -5.11. The van der Waals surface area contributed by atoms with Gasteiger partial charge in [0.1, 0.15) is 0 Å². The van der Waals surface area contributed by atoms with Gasteiger partial charge in [-0.3, -0.25) is 0 Å². The summed E-state index contributed by atoms with van der Waals surface area (Å²) in [5, 5.41) is 11.2. The molecule has 0 atom stereocenters. The summed E-state index contributed by atoms with van der Waals surface area (Å²) in [4.78, 5) is 22.8. The first-order valence-corrected chi connectivity index (χ1v) is 7.25. The van der Waals surface area contributed by atoms with Crippen LogP contribution in [0.15, 0.2) is 53.0 Å². The third kappa shape index (κ3) is 4.05. The second kappa shape index (κ2) is 6.91. The highest BCUT2D eigenvalue weighted by Crippen LogP contribution is 2.33. The van der Waals surface area contributed by atoms with Gasteiger partial charge in [0.05, 0.1) is 11.3 Å². The van der Waals surface area contributed by atoms with Crippen LogP contribution in [0.2, 0.25) is 0 Å². The molecule has 0 fully saturated rings. The molecule has 0 aromatic heterocycles. The van der Waals surface area contributed by atoms with Gasteiger partial charge in [0.2, 0.25) is 0 Å². The Morgan fingerprint density at radius 3 is 2.25 bits per heavy atom. The molecule has 2 aromatic rings. The molecule has 0 unspecified atom stereocenters. The average molecular weight is 403 g/mol. The number of carbonyl (C=O) groups excluding carboxylic acids is 1. The monoisotopic (exact) mass is 402 g/mol. The Morgan fingerprint density at radius 2 is 1.71 bits per heavy atom. The lowest BCUT2D eigenvalue weighted by Gasteiger charge is -2.26. The highest BCUT2D eigenvalue weighted by Gasteiger charge is 2.44. The predicted molar refractivity (Wildman–Crippen MR) is 85.1 cm³/mol. The zero-order valence-electron chi connectivity index (χ0n) is 11.8. The van der Waals surface area contributed by atoms with Gasteiger partial charge in [0.25, 0.3) is 0 Å². The van der Waals surface area contributed by atoms with Crippen LogP contribution in [0.1, 0.15) is 10.4 Å². The van der Waals surface area contributed by atoms with E-state index < -0.39 is 34.5 Å². The third-order valence-electron chi connectivity index (χ3n) is 2.91. The molecule has 0 aliphatic carbocycles. The number of nitrogens with one attached hydrogen (secondary N) is 1. The summed E-state index contributed by atoms with van der Waals surface area (Å²) in [6.07, 6.45) is -5.11. The minimum absolute atomic E-state index is 0.144.